The number of nitrogens with zero attached hydrogens (tertiary/aromatic N) is 2. The topological polar surface area (TPSA) is 397 Å². The van der Waals surface area contributed by atoms with Gasteiger partial charge < -0.3 is 57.2 Å². The lowest BCUT2D eigenvalue weighted by Crippen LogP contribution is -2.61. The van der Waals surface area contributed by atoms with Crippen molar-refractivity contribution in [2.45, 2.75) is 170 Å². The van der Waals surface area contributed by atoms with Crippen molar-refractivity contribution >= 4 is 76.3 Å². The second kappa shape index (κ2) is 29.1. The van der Waals surface area contributed by atoms with Gasteiger partial charge in [-0.1, -0.05) is 24.3 Å². The minimum absolute atomic E-state index is 0.00653. The molecule has 452 valence electrons. The zero-order valence-electron chi connectivity index (χ0n) is 46.7. The van der Waals surface area contributed by atoms with Crippen LogP contribution in [0, 0.1) is 5.92 Å². The van der Waals surface area contributed by atoms with Crippen molar-refractivity contribution in [3.8, 4) is 11.5 Å². The fourth-order valence-electron chi connectivity index (χ4n) is 11.5. The number of hydrogen-bond donors (Lipinski definition) is 13. The number of amides is 6. The minimum Gasteiger partial charge on any atom is -0.508 e. The quantitative estimate of drug-likeness (QED) is 0.0976. The van der Waals surface area contributed by atoms with Crippen molar-refractivity contribution in [1.82, 2.24) is 52.3 Å². The lowest BCUT2D eigenvalue weighted by Gasteiger charge is -2.36. The maximum atomic E-state index is 16.1. The summed E-state index contributed by atoms with van der Waals surface area (Å²) in [6, 6.07) is -2.80. The number of carbonyl (C=O) groups excluding carboxylic acids is 10. The van der Waals surface area contributed by atoms with E-state index in [4.69, 9.17) is 5.73 Å². The van der Waals surface area contributed by atoms with Gasteiger partial charge in [-0.2, -0.15) is 11.8 Å². The highest BCUT2D eigenvalue weighted by molar-refractivity contribution is 7.99. The number of carbonyl (C=O) groups is 11. The number of carboxylic acids is 1. The number of aliphatic hydroxyl groups excluding tert-OH is 1. The van der Waals surface area contributed by atoms with Crippen LogP contribution in [0.1, 0.15) is 89.7 Å². The first-order valence-corrected chi connectivity index (χ1v) is 29.3. The Morgan fingerprint density at radius 1 is 0.759 bits per heavy atom. The average molecular weight is 1180 g/mol. The SMILES string of the molecule is CC(=O)[C@H](Cc1ccc(O)cc1)NC1CCC2C(=O)[C@H](Cc3ccc(O)cc3)NC(=O)[C@H](CCC(=O)O)NC3CCC(N[C@@H]([C@@H](C)O)C(=O)NCC1=O)C(=O)[C@H](C)NC(=O)[C@@H]1CCCN1C(=O)[C@H](CC(N)=O)NC2CSC[C@@H]1NCN3C1=O. The lowest BCUT2D eigenvalue weighted by molar-refractivity contribution is -0.142. The van der Waals surface area contributed by atoms with Gasteiger partial charge in [0.25, 0.3) is 0 Å². The van der Waals surface area contributed by atoms with Crippen LogP contribution >= 0.6 is 11.8 Å². The van der Waals surface area contributed by atoms with Crippen LogP contribution in [0.15, 0.2) is 48.5 Å². The Bertz CT molecular complexity index is 2740. The molecule has 2 aromatic rings. The molecular formula is C56H77N11O15S. The Morgan fingerprint density at radius 3 is 2.10 bits per heavy atom. The van der Waals surface area contributed by atoms with Gasteiger partial charge in [0.2, 0.25) is 35.4 Å². The normalized spacial score (nSPS) is 30.1. The molecule has 0 aromatic heterocycles. The predicted molar refractivity (Wildman–Crippen MR) is 300 cm³/mol. The number of hydrogen-bond acceptors (Lipinski definition) is 20. The number of fused-ring (bicyclic) bond motifs is 13. The van der Waals surface area contributed by atoms with Crippen LogP contribution < -0.4 is 48.3 Å². The number of primary amides is 1. The second-order valence-corrected chi connectivity index (χ2v) is 23.3. The first-order valence-electron chi connectivity index (χ1n) is 28.2. The number of nitrogens with one attached hydrogen (secondary N) is 8. The summed E-state index contributed by atoms with van der Waals surface area (Å²) >= 11 is 1.20. The van der Waals surface area contributed by atoms with Gasteiger partial charge in [0.1, 0.15) is 29.4 Å². The van der Waals surface area contributed by atoms with Crippen LogP contribution in [-0.4, -0.2) is 205 Å². The maximum absolute atomic E-state index is 16.1. The molecule has 5 saturated heterocycles. The van der Waals surface area contributed by atoms with Gasteiger partial charge >= 0.3 is 5.97 Å². The van der Waals surface area contributed by atoms with Crippen molar-refractivity contribution in [2.24, 2.45) is 11.7 Å². The molecule has 6 amide bonds. The third-order valence-electron chi connectivity index (χ3n) is 16.1. The van der Waals surface area contributed by atoms with Crippen molar-refractivity contribution < 1.29 is 73.2 Å². The third kappa shape index (κ3) is 16.9. The molecule has 6 bridgehead atoms. The number of aromatic hydroxyl groups is 2. The number of carboxylic acid groups (broad SMARTS) is 1. The maximum Gasteiger partial charge on any atom is 0.303 e. The van der Waals surface area contributed by atoms with Gasteiger partial charge in [0.05, 0.1) is 80.2 Å². The summed E-state index contributed by atoms with van der Waals surface area (Å²) in [6.07, 6.45) is -5.11. The average Bonchev–Trinajstić information content (AvgIpc) is 4.31. The number of nitrogens with two attached hydrogens (primary N) is 1. The first kappa shape index (κ1) is 63.7. The summed E-state index contributed by atoms with van der Waals surface area (Å²) < 4.78 is 0. The number of aliphatic hydroxyl groups is 1. The highest BCUT2D eigenvalue weighted by Gasteiger charge is 2.45. The number of Topliss-reactive ketones (excluding diaryl/α,β-unsaturated/α-hetero) is 4. The van der Waals surface area contributed by atoms with Crippen LogP contribution in [0.4, 0.5) is 0 Å². The summed E-state index contributed by atoms with van der Waals surface area (Å²) in [5.41, 5.74) is 6.92. The van der Waals surface area contributed by atoms with Gasteiger partial charge in [-0.25, -0.2) is 0 Å². The lowest BCUT2D eigenvalue weighted by atomic mass is 9.83. The van der Waals surface area contributed by atoms with Crippen LogP contribution in [0.5, 0.6) is 11.5 Å². The standard InChI is InChI=1S/C56H77N11O15S/c1-28-50(76)37-16-18-47-63-38(17-19-48(74)75)52(78)65-40(22-32-8-12-34(71)13-9-32)51(77)35(14-15-36(45(72)24-58-54(80)49(64-37)30(3)69)61-39(29(2)68)21-31-6-10-33(70)11-7-31)42(25-83-26-43-56(82)67(47)27-59-43)62-41(23-46(57)73)55(81)66-20-4-5-44(66)53(79)60-28/h6-13,28,30,35-44,47,49,59,61-64,69-71H,4-5,14-27H2,1-3H3,(H2,57,73)(H,58,80)(H,60,79)(H,65,78)(H,74,75)/t28-,30+,35?,36?,37?,38-,39-,40-,41-,42?,43-,44-,47?,49-/m0/s1. The molecule has 0 aliphatic carbocycles. The van der Waals surface area contributed by atoms with Crippen LogP contribution in [-0.2, 0) is 65.6 Å². The molecule has 14 N–H and O–H groups in total. The van der Waals surface area contributed by atoms with E-state index in [-0.39, 0.29) is 87.6 Å². The van der Waals surface area contributed by atoms with Crippen molar-refractivity contribution in [2.75, 3.05) is 31.3 Å². The molecule has 7 rings (SSSR count). The number of phenolic OH excluding ortho intramolecular Hbond substituents is 2. The van der Waals surface area contributed by atoms with E-state index in [1.807, 2.05) is 0 Å². The predicted octanol–water partition coefficient (Wildman–Crippen LogP) is -2.63. The highest BCUT2D eigenvalue weighted by atomic mass is 32.2. The molecule has 5 aliphatic heterocycles. The molecule has 14 atom stereocenters. The fraction of sp³-hybridized carbons (Fsp3) is 0.589. The number of thioether (sulfide) groups is 1. The highest BCUT2D eigenvalue weighted by Crippen LogP contribution is 2.28. The Morgan fingerprint density at radius 2 is 1.45 bits per heavy atom. The van der Waals surface area contributed by atoms with Gasteiger partial charge in [0.15, 0.2) is 17.3 Å². The van der Waals surface area contributed by atoms with E-state index in [2.05, 4.69) is 42.5 Å². The number of phenols is 2. The van der Waals surface area contributed by atoms with Gasteiger partial charge in [-0.3, -0.25) is 74.0 Å². The molecule has 5 fully saturated rings. The number of ketones is 4. The summed E-state index contributed by atoms with van der Waals surface area (Å²) in [6.45, 7) is 3.17. The zero-order chi connectivity index (χ0) is 60.2. The Labute approximate surface area is 484 Å². The van der Waals surface area contributed by atoms with E-state index >= 15 is 14.4 Å². The van der Waals surface area contributed by atoms with E-state index in [0.717, 1.165) is 0 Å². The molecule has 27 heteroatoms. The molecule has 26 nitrogen and oxygen atoms in total. The Kier molecular flexibility index (Phi) is 22.3. The van der Waals surface area contributed by atoms with E-state index < -0.39 is 169 Å². The fourth-order valence-corrected chi connectivity index (χ4v) is 12.7. The Balaban J connectivity index is 1.49. The summed E-state index contributed by atoms with van der Waals surface area (Å²) in [5.74, 6) is -10.0. The van der Waals surface area contributed by atoms with Crippen molar-refractivity contribution in [1.29, 1.82) is 0 Å². The molecule has 83 heavy (non-hydrogen) atoms. The van der Waals surface area contributed by atoms with Crippen LogP contribution in [0.2, 0.25) is 0 Å². The largest absolute Gasteiger partial charge is 0.508 e. The summed E-state index contributed by atoms with van der Waals surface area (Å²) in [4.78, 5) is 162. The van der Waals surface area contributed by atoms with Crippen LogP contribution in [0.25, 0.3) is 0 Å². The molecule has 5 unspecified atom stereocenters. The first-order chi connectivity index (χ1) is 39.5. The van der Waals surface area contributed by atoms with Crippen LogP contribution in [0.3, 0.4) is 0 Å². The Hall–Kier alpha value is -6.88. The number of rotatable bonds is 13. The van der Waals surface area contributed by atoms with Gasteiger partial charge in [-0.15, -0.1) is 0 Å². The minimum atomic E-state index is -1.62. The van der Waals surface area contributed by atoms with E-state index in [0.29, 0.717) is 17.5 Å². The molecule has 5 heterocycles. The smallest absolute Gasteiger partial charge is 0.303 e. The summed E-state index contributed by atoms with van der Waals surface area (Å²) in [7, 11) is 0. The summed E-state index contributed by atoms with van der Waals surface area (Å²) in [5, 5.41) is 65.6. The molecule has 2 aromatic carbocycles. The van der Waals surface area contributed by atoms with Crippen molar-refractivity contribution in [3.63, 3.8) is 0 Å². The number of aliphatic carboxylic acids is 1. The number of benzene rings is 2. The molecular weight excluding hydrogens is 1100 g/mol. The molecule has 0 saturated carbocycles. The monoisotopic (exact) mass is 1180 g/mol. The molecule has 0 radical (unpaired) electrons. The van der Waals surface area contributed by atoms with E-state index in [1.54, 1.807) is 12.1 Å². The zero-order valence-corrected chi connectivity index (χ0v) is 47.5. The van der Waals surface area contributed by atoms with Gasteiger partial charge in [-0.05, 0) is 114 Å². The van der Waals surface area contributed by atoms with E-state index in [1.165, 1.54) is 78.7 Å². The van der Waals surface area contributed by atoms with E-state index in [9.17, 15) is 58.8 Å². The molecule has 5 aliphatic rings. The second-order valence-electron chi connectivity index (χ2n) is 22.2. The molecule has 0 spiro atoms. The van der Waals surface area contributed by atoms with Crippen molar-refractivity contribution in [3.05, 3.63) is 59.7 Å². The third-order valence-corrected chi connectivity index (χ3v) is 17.3. The van der Waals surface area contributed by atoms with Gasteiger partial charge in [0, 0.05) is 36.4 Å².